The van der Waals surface area contributed by atoms with E-state index in [1.807, 2.05) is 31.2 Å². The Labute approximate surface area is 117 Å². The summed E-state index contributed by atoms with van der Waals surface area (Å²) in [7, 11) is 0. The van der Waals surface area contributed by atoms with Crippen LogP contribution in [0.1, 0.15) is 38.3 Å². The smallest absolute Gasteiger partial charge is 0.336 e. The summed E-state index contributed by atoms with van der Waals surface area (Å²) in [6, 6.07) is 14.3. The predicted octanol–water partition coefficient (Wildman–Crippen LogP) is 3.51. The van der Waals surface area contributed by atoms with E-state index in [2.05, 4.69) is 0 Å². The molecule has 0 radical (unpaired) electrons. The molecule has 0 atom stereocenters. The summed E-state index contributed by atoms with van der Waals surface area (Å²) in [4.78, 5) is 23.3. The highest BCUT2D eigenvalue weighted by Crippen LogP contribution is 2.14. The minimum absolute atomic E-state index is 0.0711. The van der Waals surface area contributed by atoms with Gasteiger partial charge in [-0.3, -0.25) is 4.79 Å². The van der Waals surface area contributed by atoms with Gasteiger partial charge >= 0.3 is 5.97 Å². The SMILES string of the molecule is Cc1cccc(CCC(=O)c2ccccc2C(=O)O)c1. The Bertz CT molecular complexity index is 644. The van der Waals surface area contributed by atoms with Gasteiger partial charge in [0.2, 0.25) is 0 Å². The largest absolute Gasteiger partial charge is 0.478 e. The van der Waals surface area contributed by atoms with E-state index in [1.54, 1.807) is 18.2 Å². The van der Waals surface area contributed by atoms with Gasteiger partial charge in [0.05, 0.1) is 5.56 Å². The van der Waals surface area contributed by atoms with E-state index in [0.717, 1.165) is 11.1 Å². The molecule has 2 aromatic carbocycles. The van der Waals surface area contributed by atoms with Gasteiger partial charge in [-0.05, 0) is 25.0 Å². The Hall–Kier alpha value is -2.42. The van der Waals surface area contributed by atoms with Crippen LogP contribution in [0.5, 0.6) is 0 Å². The van der Waals surface area contributed by atoms with Crippen LogP contribution in [-0.4, -0.2) is 16.9 Å². The zero-order valence-corrected chi connectivity index (χ0v) is 11.3. The van der Waals surface area contributed by atoms with Gasteiger partial charge in [-0.2, -0.15) is 0 Å². The van der Waals surface area contributed by atoms with Crippen LogP contribution in [0.3, 0.4) is 0 Å². The van der Waals surface area contributed by atoms with Crippen molar-refractivity contribution in [1.82, 2.24) is 0 Å². The number of ketones is 1. The molecule has 0 bridgehead atoms. The fraction of sp³-hybridized carbons (Fsp3) is 0.176. The second-order valence-electron chi connectivity index (χ2n) is 4.76. The molecule has 0 saturated heterocycles. The first kappa shape index (κ1) is 14.0. The summed E-state index contributed by atoms with van der Waals surface area (Å²) in [5.74, 6) is -1.20. The van der Waals surface area contributed by atoms with E-state index in [9.17, 15) is 9.59 Å². The molecule has 0 spiro atoms. The third kappa shape index (κ3) is 3.32. The highest BCUT2D eigenvalue weighted by atomic mass is 16.4. The van der Waals surface area contributed by atoms with Crippen molar-refractivity contribution in [3.8, 4) is 0 Å². The molecular weight excluding hydrogens is 252 g/mol. The fourth-order valence-electron chi connectivity index (χ4n) is 2.17. The van der Waals surface area contributed by atoms with Crippen LogP contribution in [0.15, 0.2) is 48.5 Å². The van der Waals surface area contributed by atoms with Crippen LogP contribution < -0.4 is 0 Å². The Morgan fingerprint density at radius 2 is 1.70 bits per heavy atom. The molecule has 0 fully saturated rings. The van der Waals surface area contributed by atoms with Crippen molar-refractivity contribution in [3.63, 3.8) is 0 Å². The van der Waals surface area contributed by atoms with Crippen LogP contribution in [0.4, 0.5) is 0 Å². The zero-order chi connectivity index (χ0) is 14.5. The first-order valence-electron chi connectivity index (χ1n) is 6.49. The molecule has 1 N–H and O–H groups in total. The lowest BCUT2D eigenvalue weighted by molar-refractivity contribution is 0.0691. The second kappa shape index (κ2) is 6.15. The summed E-state index contributed by atoms with van der Waals surface area (Å²) >= 11 is 0. The molecule has 0 aliphatic rings. The van der Waals surface area contributed by atoms with Gasteiger partial charge in [-0.1, -0.05) is 48.0 Å². The van der Waals surface area contributed by atoms with E-state index in [1.165, 1.54) is 6.07 Å². The van der Waals surface area contributed by atoms with E-state index in [0.29, 0.717) is 12.8 Å². The van der Waals surface area contributed by atoms with Gasteiger partial charge in [0.15, 0.2) is 5.78 Å². The molecule has 102 valence electrons. The van der Waals surface area contributed by atoms with Crippen molar-refractivity contribution in [3.05, 3.63) is 70.8 Å². The maximum Gasteiger partial charge on any atom is 0.336 e. The number of carbonyl (C=O) groups is 2. The van der Waals surface area contributed by atoms with Gasteiger partial charge in [0.25, 0.3) is 0 Å². The maximum atomic E-state index is 12.2. The Balaban J connectivity index is 2.11. The number of carbonyl (C=O) groups excluding carboxylic acids is 1. The van der Waals surface area contributed by atoms with Gasteiger partial charge < -0.3 is 5.11 Å². The third-order valence-corrected chi connectivity index (χ3v) is 3.18. The van der Waals surface area contributed by atoms with Crippen LogP contribution in [0.25, 0.3) is 0 Å². The number of rotatable bonds is 5. The van der Waals surface area contributed by atoms with Crippen LogP contribution in [0.2, 0.25) is 0 Å². The van der Waals surface area contributed by atoms with Gasteiger partial charge in [0, 0.05) is 12.0 Å². The first-order chi connectivity index (χ1) is 9.58. The van der Waals surface area contributed by atoms with Crippen LogP contribution >= 0.6 is 0 Å². The average Bonchev–Trinajstić information content (AvgIpc) is 2.45. The van der Waals surface area contributed by atoms with E-state index < -0.39 is 5.97 Å². The number of aryl methyl sites for hydroxylation is 2. The lowest BCUT2D eigenvalue weighted by Crippen LogP contribution is -2.09. The maximum absolute atomic E-state index is 12.2. The van der Waals surface area contributed by atoms with Crippen LogP contribution in [0, 0.1) is 6.92 Å². The monoisotopic (exact) mass is 268 g/mol. The number of hydrogen-bond donors (Lipinski definition) is 1. The molecule has 20 heavy (non-hydrogen) atoms. The number of benzene rings is 2. The first-order valence-corrected chi connectivity index (χ1v) is 6.49. The minimum Gasteiger partial charge on any atom is -0.478 e. The summed E-state index contributed by atoms with van der Waals surface area (Å²) < 4.78 is 0. The summed E-state index contributed by atoms with van der Waals surface area (Å²) in [5, 5.41) is 9.08. The molecular formula is C17H16O3. The number of Topliss-reactive ketones (excluding diaryl/α,β-unsaturated/α-hetero) is 1. The molecule has 0 unspecified atom stereocenters. The molecule has 0 aliphatic heterocycles. The van der Waals surface area contributed by atoms with Crippen molar-refractivity contribution in [2.75, 3.05) is 0 Å². The molecule has 0 aliphatic carbocycles. The highest BCUT2D eigenvalue weighted by Gasteiger charge is 2.15. The Morgan fingerprint density at radius 3 is 2.35 bits per heavy atom. The van der Waals surface area contributed by atoms with E-state index >= 15 is 0 Å². The van der Waals surface area contributed by atoms with Gasteiger partial charge in [0.1, 0.15) is 0 Å². The van der Waals surface area contributed by atoms with Crippen molar-refractivity contribution in [2.24, 2.45) is 0 Å². The molecule has 0 amide bonds. The normalized spacial score (nSPS) is 10.2. The number of hydrogen-bond acceptors (Lipinski definition) is 2. The van der Waals surface area contributed by atoms with E-state index in [-0.39, 0.29) is 16.9 Å². The lowest BCUT2D eigenvalue weighted by atomic mass is 9.98. The minimum atomic E-state index is -1.07. The second-order valence-corrected chi connectivity index (χ2v) is 4.76. The number of carboxylic acids is 1. The van der Waals surface area contributed by atoms with Crippen molar-refractivity contribution in [1.29, 1.82) is 0 Å². The Morgan fingerprint density at radius 1 is 1.00 bits per heavy atom. The molecule has 0 heterocycles. The molecule has 2 rings (SSSR count). The summed E-state index contributed by atoms with van der Waals surface area (Å²) in [6.45, 7) is 2.01. The molecule has 2 aromatic rings. The van der Waals surface area contributed by atoms with Crippen molar-refractivity contribution in [2.45, 2.75) is 19.8 Å². The topological polar surface area (TPSA) is 54.4 Å². The molecule has 0 saturated carbocycles. The molecule has 0 aromatic heterocycles. The van der Waals surface area contributed by atoms with Crippen LogP contribution in [-0.2, 0) is 6.42 Å². The lowest BCUT2D eigenvalue weighted by Gasteiger charge is -2.05. The van der Waals surface area contributed by atoms with E-state index in [4.69, 9.17) is 5.11 Å². The molecule has 3 heteroatoms. The molecule has 3 nitrogen and oxygen atoms in total. The van der Waals surface area contributed by atoms with Crippen molar-refractivity contribution >= 4 is 11.8 Å². The predicted molar refractivity (Wildman–Crippen MR) is 77.2 cm³/mol. The average molecular weight is 268 g/mol. The summed E-state index contributed by atoms with van der Waals surface area (Å²) in [5.41, 5.74) is 2.60. The van der Waals surface area contributed by atoms with Gasteiger partial charge in [-0.15, -0.1) is 0 Å². The Kier molecular flexibility index (Phi) is 4.31. The number of aromatic carboxylic acids is 1. The standard InChI is InChI=1S/C17H16O3/c1-12-5-4-6-13(11-12)9-10-16(18)14-7-2-3-8-15(14)17(19)20/h2-8,11H,9-10H2,1H3,(H,19,20). The zero-order valence-electron chi connectivity index (χ0n) is 11.3. The quantitative estimate of drug-likeness (QED) is 0.844. The van der Waals surface area contributed by atoms with Gasteiger partial charge in [-0.25, -0.2) is 4.79 Å². The number of carboxylic acid groups (broad SMARTS) is 1. The third-order valence-electron chi connectivity index (χ3n) is 3.18. The fourth-order valence-corrected chi connectivity index (χ4v) is 2.17. The van der Waals surface area contributed by atoms with Crippen molar-refractivity contribution < 1.29 is 14.7 Å². The summed E-state index contributed by atoms with van der Waals surface area (Å²) in [6.07, 6.45) is 0.933. The highest BCUT2D eigenvalue weighted by molar-refractivity contribution is 6.05.